The lowest BCUT2D eigenvalue weighted by molar-refractivity contribution is 0.177. The summed E-state index contributed by atoms with van der Waals surface area (Å²) in [6.07, 6.45) is 1.74. The standard InChI is InChI=1S/C9H11ClFNS/c10-8-2-1-7(13-8)9(11)4-3-6(12)5-9/h1-2,6H,3-5,12H2. The molecule has 1 heterocycles. The van der Waals surface area contributed by atoms with Gasteiger partial charge in [-0.25, -0.2) is 4.39 Å². The van der Waals surface area contributed by atoms with Gasteiger partial charge in [-0.1, -0.05) is 11.6 Å². The first-order valence-corrected chi connectivity index (χ1v) is 5.50. The molecular formula is C9H11ClFNS. The first-order valence-electron chi connectivity index (χ1n) is 4.30. The highest BCUT2D eigenvalue weighted by atomic mass is 35.5. The number of alkyl halides is 1. The number of rotatable bonds is 1. The van der Waals surface area contributed by atoms with Gasteiger partial charge < -0.3 is 5.73 Å². The van der Waals surface area contributed by atoms with Crippen molar-refractivity contribution >= 4 is 22.9 Å². The molecule has 2 rings (SSSR count). The van der Waals surface area contributed by atoms with Crippen molar-refractivity contribution in [1.82, 2.24) is 0 Å². The van der Waals surface area contributed by atoms with Crippen molar-refractivity contribution in [1.29, 1.82) is 0 Å². The summed E-state index contributed by atoms with van der Waals surface area (Å²) in [6.45, 7) is 0. The van der Waals surface area contributed by atoms with Gasteiger partial charge in [0.15, 0.2) is 0 Å². The van der Waals surface area contributed by atoms with E-state index in [9.17, 15) is 4.39 Å². The van der Waals surface area contributed by atoms with Gasteiger partial charge >= 0.3 is 0 Å². The Morgan fingerprint density at radius 2 is 2.38 bits per heavy atom. The van der Waals surface area contributed by atoms with Crippen molar-refractivity contribution in [3.05, 3.63) is 21.3 Å². The van der Waals surface area contributed by atoms with Crippen LogP contribution in [0.2, 0.25) is 4.34 Å². The van der Waals surface area contributed by atoms with Crippen molar-refractivity contribution < 1.29 is 4.39 Å². The quantitative estimate of drug-likeness (QED) is 0.772. The van der Waals surface area contributed by atoms with E-state index in [0.717, 1.165) is 11.3 Å². The van der Waals surface area contributed by atoms with Gasteiger partial charge in [-0.15, -0.1) is 11.3 Å². The van der Waals surface area contributed by atoms with E-state index >= 15 is 0 Å². The second-order valence-electron chi connectivity index (χ2n) is 3.57. The van der Waals surface area contributed by atoms with E-state index in [2.05, 4.69) is 0 Å². The SMILES string of the molecule is NC1CCC(F)(c2ccc(Cl)s2)C1. The third-order valence-corrected chi connectivity index (χ3v) is 3.92. The predicted molar refractivity (Wildman–Crippen MR) is 53.9 cm³/mol. The molecule has 0 radical (unpaired) electrons. The number of hydrogen-bond donors (Lipinski definition) is 1. The minimum atomic E-state index is -1.21. The molecule has 1 aliphatic rings. The molecule has 0 amide bonds. The molecule has 0 aromatic carbocycles. The van der Waals surface area contributed by atoms with Crippen molar-refractivity contribution in [3.8, 4) is 0 Å². The van der Waals surface area contributed by atoms with E-state index in [-0.39, 0.29) is 6.04 Å². The molecule has 1 aliphatic carbocycles. The zero-order valence-electron chi connectivity index (χ0n) is 7.09. The fourth-order valence-corrected chi connectivity index (χ4v) is 2.98. The monoisotopic (exact) mass is 219 g/mol. The van der Waals surface area contributed by atoms with Crippen LogP contribution in [0.1, 0.15) is 24.1 Å². The molecule has 13 heavy (non-hydrogen) atoms. The lowest BCUT2D eigenvalue weighted by Crippen LogP contribution is -2.20. The van der Waals surface area contributed by atoms with Crippen molar-refractivity contribution in [2.75, 3.05) is 0 Å². The minimum Gasteiger partial charge on any atom is -0.328 e. The van der Waals surface area contributed by atoms with Gasteiger partial charge in [-0.2, -0.15) is 0 Å². The summed E-state index contributed by atoms with van der Waals surface area (Å²) in [5, 5.41) is 0. The van der Waals surface area contributed by atoms with Gasteiger partial charge in [0.1, 0.15) is 5.67 Å². The van der Waals surface area contributed by atoms with Gasteiger partial charge in [-0.05, 0) is 25.0 Å². The van der Waals surface area contributed by atoms with Crippen LogP contribution >= 0.6 is 22.9 Å². The van der Waals surface area contributed by atoms with Crippen LogP contribution in [0.25, 0.3) is 0 Å². The zero-order valence-corrected chi connectivity index (χ0v) is 8.67. The molecule has 4 heteroatoms. The van der Waals surface area contributed by atoms with Crippen LogP contribution in [0.15, 0.2) is 12.1 Å². The molecule has 72 valence electrons. The minimum absolute atomic E-state index is 0.00544. The summed E-state index contributed by atoms with van der Waals surface area (Å²) in [6, 6.07) is 3.52. The molecule has 2 atom stereocenters. The number of nitrogens with two attached hydrogens (primary N) is 1. The summed E-state index contributed by atoms with van der Waals surface area (Å²) in [5.41, 5.74) is 4.48. The van der Waals surface area contributed by atoms with Gasteiger partial charge in [0.25, 0.3) is 0 Å². The predicted octanol–water partition coefficient (Wildman–Crippen LogP) is 3.08. The Morgan fingerprint density at radius 1 is 1.62 bits per heavy atom. The van der Waals surface area contributed by atoms with Crippen LogP contribution in [-0.2, 0) is 5.67 Å². The van der Waals surface area contributed by atoms with E-state index < -0.39 is 5.67 Å². The first kappa shape index (κ1) is 9.44. The molecule has 0 spiro atoms. The smallest absolute Gasteiger partial charge is 0.146 e. The fraction of sp³-hybridized carbons (Fsp3) is 0.556. The molecule has 1 aromatic heterocycles. The molecule has 2 N–H and O–H groups in total. The maximum absolute atomic E-state index is 14.2. The highest BCUT2D eigenvalue weighted by Gasteiger charge is 2.40. The third-order valence-electron chi connectivity index (χ3n) is 2.51. The number of halogens is 2. The molecule has 2 unspecified atom stereocenters. The fourth-order valence-electron chi connectivity index (χ4n) is 1.81. The topological polar surface area (TPSA) is 26.0 Å². The van der Waals surface area contributed by atoms with Crippen LogP contribution in [0, 0.1) is 0 Å². The Labute approximate surface area is 85.7 Å². The van der Waals surface area contributed by atoms with E-state index in [1.165, 1.54) is 11.3 Å². The summed E-state index contributed by atoms with van der Waals surface area (Å²) in [7, 11) is 0. The van der Waals surface area contributed by atoms with Crippen LogP contribution in [0.5, 0.6) is 0 Å². The summed E-state index contributed by atoms with van der Waals surface area (Å²) in [5.74, 6) is 0. The maximum atomic E-state index is 14.2. The summed E-state index contributed by atoms with van der Waals surface area (Å²) in [4.78, 5) is 0.727. The maximum Gasteiger partial charge on any atom is 0.146 e. The molecule has 1 fully saturated rings. The van der Waals surface area contributed by atoms with E-state index in [0.29, 0.717) is 17.2 Å². The van der Waals surface area contributed by atoms with E-state index in [1.807, 2.05) is 0 Å². The van der Waals surface area contributed by atoms with E-state index in [4.69, 9.17) is 17.3 Å². The average molecular weight is 220 g/mol. The Morgan fingerprint density at radius 3 is 2.85 bits per heavy atom. The van der Waals surface area contributed by atoms with Gasteiger partial charge in [0.05, 0.1) is 4.34 Å². The molecule has 0 bridgehead atoms. The lowest BCUT2D eigenvalue weighted by atomic mass is 10.0. The van der Waals surface area contributed by atoms with Crippen LogP contribution < -0.4 is 5.73 Å². The first-order chi connectivity index (χ1) is 6.10. The summed E-state index contributed by atoms with van der Waals surface area (Å²) < 4.78 is 14.8. The second kappa shape index (κ2) is 3.23. The molecule has 1 saturated carbocycles. The van der Waals surface area contributed by atoms with Crippen molar-refractivity contribution in [2.24, 2.45) is 5.73 Å². The third kappa shape index (κ3) is 1.73. The van der Waals surface area contributed by atoms with Crippen molar-refractivity contribution in [2.45, 2.75) is 31.0 Å². The highest BCUT2D eigenvalue weighted by molar-refractivity contribution is 7.16. The zero-order chi connectivity index (χ0) is 9.47. The molecular weight excluding hydrogens is 209 g/mol. The number of hydrogen-bond acceptors (Lipinski definition) is 2. The van der Waals surface area contributed by atoms with Gasteiger partial charge in [-0.3, -0.25) is 0 Å². The molecule has 1 nitrogen and oxygen atoms in total. The normalized spacial score (nSPS) is 33.9. The Bertz CT molecular complexity index is 314. The van der Waals surface area contributed by atoms with Gasteiger partial charge in [0.2, 0.25) is 0 Å². The van der Waals surface area contributed by atoms with Gasteiger partial charge in [0, 0.05) is 17.3 Å². The lowest BCUT2D eigenvalue weighted by Gasteiger charge is -2.16. The Balaban J connectivity index is 2.25. The van der Waals surface area contributed by atoms with Crippen LogP contribution in [-0.4, -0.2) is 6.04 Å². The molecule has 0 saturated heterocycles. The molecule has 1 aromatic rings. The van der Waals surface area contributed by atoms with Crippen LogP contribution in [0.4, 0.5) is 4.39 Å². The van der Waals surface area contributed by atoms with Crippen molar-refractivity contribution in [3.63, 3.8) is 0 Å². The van der Waals surface area contributed by atoms with E-state index in [1.54, 1.807) is 12.1 Å². The van der Waals surface area contributed by atoms with Crippen LogP contribution in [0.3, 0.4) is 0 Å². The Kier molecular flexibility index (Phi) is 2.34. The Hall–Kier alpha value is -0.120. The highest BCUT2D eigenvalue weighted by Crippen LogP contribution is 2.45. The summed E-state index contributed by atoms with van der Waals surface area (Å²) >= 11 is 7.08. The largest absolute Gasteiger partial charge is 0.328 e. The molecule has 0 aliphatic heterocycles. The number of thiophene rings is 1. The average Bonchev–Trinajstić information content (AvgIpc) is 2.60. The second-order valence-corrected chi connectivity index (χ2v) is 5.29.